The van der Waals surface area contributed by atoms with Gasteiger partial charge in [-0.05, 0) is 49.4 Å². The molecule has 0 spiro atoms. The number of nitrogens with one attached hydrogen (secondary N) is 1. The van der Waals surface area contributed by atoms with Crippen molar-refractivity contribution in [2.24, 2.45) is 0 Å². The topological polar surface area (TPSA) is 45.8 Å². The number of hydrogen-bond donors (Lipinski definition) is 1. The van der Waals surface area contributed by atoms with Crippen molar-refractivity contribution in [3.8, 4) is 11.3 Å². The largest absolute Gasteiger partial charge is 0.289 e. The van der Waals surface area contributed by atoms with E-state index in [2.05, 4.69) is 16.8 Å². The van der Waals surface area contributed by atoms with Gasteiger partial charge in [0.15, 0.2) is 5.78 Å². The number of nitrogens with zero attached hydrogens (tertiary/aromatic N) is 1. The van der Waals surface area contributed by atoms with Crippen molar-refractivity contribution >= 4 is 11.9 Å². The van der Waals surface area contributed by atoms with Gasteiger partial charge in [0.05, 0.1) is 11.4 Å². The maximum Gasteiger partial charge on any atom is 0.185 e. The number of halogens is 1. The van der Waals surface area contributed by atoms with E-state index in [1.807, 2.05) is 34.6 Å². The first-order valence-corrected chi connectivity index (χ1v) is 9.13. The van der Waals surface area contributed by atoms with E-state index in [0.717, 1.165) is 5.56 Å². The third-order valence-corrected chi connectivity index (χ3v) is 3.08. The monoisotopic (exact) mass is 368 g/mol. The first-order valence-electron chi connectivity index (χ1n) is 9.13. The number of benzene rings is 1. The third kappa shape index (κ3) is 8.27. The van der Waals surface area contributed by atoms with E-state index in [-0.39, 0.29) is 11.6 Å². The van der Waals surface area contributed by atoms with Gasteiger partial charge >= 0.3 is 0 Å². The molecule has 27 heavy (non-hydrogen) atoms. The van der Waals surface area contributed by atoms with Gasteiger partial charge in [-0.15, -0.1) is 0 Å². The van der Waals surface area contributed by atoms with Gasteiger partial charge < -0.3 is 0 Å². The van der Waals surface area contributed by atoms with Crippen LogP contribution < -0.4 is 0 Å². The number of rotatable bonds is 6. The molecular weight excluding hydrogens is 339 g/mol. The number of allylic oxidation sites excluding steroid dienone is 6. The molecule has 4 heteroatoms. The highest BCUT2D eigenvalue weighted by Gasteiger charge is 2.04. The van der Waals surface area contributed by atoms with E-state index in [4.69, 9.17) is 0 Å². The van der Waals surface area contributed by atoms with Gasteiger partial charge in [-0.2, -0.15) is 5.10 Å². The minimum Gasteiger partial charge on any atom is -0.289 e. The van der Waals surface area contributed by atoms with E-state index in [1.165, 1.54) is 18.2 Å². The average Bonchev–Trinajstić information content (AvgIpc) is 3.18. The summed E-state index contributed by atoms with van der Waals surface area (Å²) in [5, 5.41) is 6.99. The molecular formula is C23H29FN2O. The Labute approximate surface area is 162 Å². The number of aromatic nitrogens is 2. The van der Waals surface area contributed by atoms with Crippen LogP contribution in [-0.4, -0.2) is 16.0 Å². The van der Waals surface area contributed by atoms with Crippen molar-refractivity contribution in [1.29, 1.82) is 0 Å². The van der Waals surface area contributed by atoms with E-state index >= 15 is 0 Å². The number of carbonyl (C=O) groups excluding carboxylic acids is 1. The Morgan fingerprint density at radius 2 is 1.74 bits per heavy atom. The highest BCUT2D eigenvalue weighted by atomic mass is 19.1. The van der Waals surface area contributed by atoms with Gasteiger partial charge in [0.25, 0.3) is 0 Å². The molecule has 3 nitrogen and oxygen atoms in total. The van der Waals surface area contributed by atoms with E-state index < -0.39 is 0 Å². The first-order chi connectivity index (χ1) is 13.1. The summed E-state index contributed by atoms with van der Waals surface area (Å²) in [5.41, 5.74) is 2.73. The molecule has 0 fully saturated rings. The lowest BCUT2D eigenvalue weighted by Crippen LogP contribution is -1.95. The Morgan fingerprint density at radius 3 is 2.30 bits per heavy atom. The van der Waals surface area contributed by atoms with Gasteiger partial charge in [-0.25, -0.2) is 4.39 Å². The SMILES string of the molecule is C=C/C=C(\C=C/C)C(=O)/C=C/c1cc(-c2ccc(F)cc2)n[nH]1.CC.CC. The highest BCUT2D eigenvalue weighted by molar-refractivity contribution is 6.08. The number of hydrogen-bond acceptors (Lipinski definition) is 2. The molecule has 1 heterocycles. The van der Waals surface area contributed by atoms with Crippen LogP contribution in [0.1, 0.15) is 40.3 Å². The Bertz CT molecular complexity index is 781. The molecule has 2 aromatic rings. The second-order valence-corrected chi connectivity index (χ2v) is 4.77. The summed E-state index contributed by atoms with van der Waals surface area (Å²) < 4.78 is 12.9. The van der Waals surface area contributed by atoms with Crippen LogP contribution in [-0.2, 0) is 4.79 Å². The molecule has 1 aromatic heterocycles. The van der Waals surface area contributed by atoms with Crippen LogP contribution in [0.5, 0.6) is 0 Å². The zero-order valence-electron chi connectivity index (χ0n) is 16.8. The first kappa shape index (κ1) is 24.0. The molecule has 0 aliphatic heterocycles. The standard InChI is InChI=1S/C19H17FN2O.2C2H6/c1-3-5-15(6-4-2)19(23)12-11-17-13-18(22-21-17)14-7-9-16(20)10-8-14;2*1-2/h3-13H,1H2,2H3,(H,21,22);2*1-2H3/b6-4-,12-11+,15-5+;;. The van der Waals surface area contributed by atoms with Gasteiger partial charge in [0.1, 0.15) is 5.82 Å². The summed E-state index contributed by atoms with van der Waals surface area (Å²) >= 11 is 0. The number of aromatic amines is 1. The van der Waals surface area contributed by atoms with Gasteiger partial charge in [0, 0.05) is 11.1 Å². The second kappa shape index (κ2) is 14.2. The van der Waals surface area contributed by atoms with Gasteiger partial charge in [0.2, 0.25) is 0 Å². The Balaban J connectivity index is 0.00000158. The second-order valence-electron chi connectivity index (χ2n) is 4.77. The highest BCUT2D eigenvalue weighted by Crippen LogP contribution is 2.18. The Morgan fingerprint density at radius 1 is 1.11 bits per heavy atom. The molecule has 2 rings (SSSR count). The lowest BCUT2D eigenvalue weighted by molar-refractivity contribution is -0.111. The number of carbonyl (C=O) groups is 1. The quantitative estimate of drug-likeness (QED) is 0.465. The van der Waals surface area contributed by atoms with Crippen LogP contribution in [0.15, 0.2) is 72.9 Å². The molecule has 0 radical (unpaired) electrons. The lowest BCUT2D eigenvalue weighted by atomic mass is 10.1. The Hall–Kier alpha value is -3.01. The lowest BCUT2D eigenvalue weighted by Gasteiger charge is -1.94. The van der Waals surface area contributed by atoms with Crippen LogP contribution in [0.4, 0.5) is 4.39 Å². The van der Waals surface area contributed by atoms with Crippen LogP contribution in [0.3, 0.4) is 0 Å². The maximum atomic E-state index is 12.9. The maximum absolute atomic E-state index is 12.9. The van der Waals surface area contributed by atoms with Gasteiger partial charge in [-0.3, -0.25) is 9.89 Å². The fourth-order valence-corrected chi connectivity index (χ4v) is 1.98. The molecule has 0 aliphatic carbocycles. The van der Waals surface area contributed by atoms with E-state index in [9.17, 15) is 9.18 Å². The number of H-pyrrole nitrogens is 1. The normalized spacial score (nSPS) is 10.8. The molecule has 1 aromatic carbocycles. The van der Waals surface area contributed by atoms with Crippen LogP contribution >= 0.6 is 0 Å². The summed E-state index contributed by atoms with van der Waals surface area (Å²) in [6.45, 7) is 13.4. The van der Waals surface area contributed by atoms with Crippen LogP contribution in [0.25, 0.3) is 17.3 Å². The molecule has 0 bridgehead atoms. The van der Waals surface area contributed by atoms with E-state index in [1.54, 1.807) is 48.6 Å². The van der Waals surface area contributed by atoms with Crippen molar-refractivity contribution in [1.82, 2.24) is 10.2 Å². The van der Waals surface area contributed by atoms with Crippen molar-refractivity contribution in [2.45, 2.75) is 34.6 Å². The average molecular weight is 368 g/mol. The van der Waals surface area contributed by atoms with E-state index in [0.29, 0.717) is 17.0 Å². The zero-order chi connectivity index (χ0) is 20.7. The van der Waals surface area contributed by atoms with Crippen molar-refractivity contribution in [3.63, 3.8) is 0 Å². The molecule has 0 saturated heterocycles. The zero-order valence-corrected chi connectivity index (χ0v) is 16.8. The van der Waals surface area contributed by atoms with Gasteiger partial charge in [-0.1, -0.05) is 58.6 Å². The predicted octanol–water partition coefficient (Wildman–Crippen LogP) is 6.54. The van der Waals surface area contributed by atoms with Crippen molar-refractivity contribution < 1.29 is 9.18 Å². The third-order valence-electron chi connectivity index (χ3n) is 3.08. The number of ketones is 1. The molecule has 144 valence electrons. The van der Waals surface area contributed by atoms with Crippen LogP contribution in [0, 0.1) is 5.82 Å². The molecule has 0 saturated carbocycles. The summed E-state index contributed by atoms with van der Waals surface area (Å²) in [4.78, 5) is 12.1. The minimum absolute atomic E-state index is 0.124. The minimum atomic E-state index is -0.291. The fourth-order valence-electron chi connectivity index (χ4n) is 1.98. The molecule has 0 aliphatic rings. The fraction of sp³-hybridized carbons (Fsp3) is 0.217. The molecule has 0 amide bonds. The smallest absolute Gasteiger partial charge is 0.185 e. The summed E-state index contributed by atoms with van der Waals surface area (Å²) in [6.07, 6.45) is 9.88. The van der Waals surface area contributed by atoms with Crippen LogP contribution in [0.2, 0.25) is 0 Å². The molecule has 1 N–H and O–H groups in total. The summed E-state index contributed by atoms with van der Waals surface area (Å²) in [6, 6.07) is 7.87. The molecule has 0 atom stereocenters. The summed E-state index contributed by atoms with van der Waals surface area (Å²) in [7, 11) is 0. The predicted molar refractivity (Wildman–Crippen MR) is 114 cm³/mol. The summed E-state index contributed by atoms with van der Waals surface area (Å²) in [5.74, 6) is -0.415. The van der Waals surface area contributed by atoms with Crippen molar-refractivity contribution in [2.75, 3.05) is 0 Å². The molecule has 0 unspecified atom stereocenters. The van der Waals surface area contributed by atoms with Crippen molar-refractivity contribution in [3.05, 3.63) is 84.4 Å². The Kier molecular flexibility index (Phi) is 12.6.